The summed E-state index contributed by atoms with van der Waals surface area (Å²) in [6, 6.07) is 33.2. The molecule has 0 fully saturated rings. The molecule has 3 aromatic carbocycles. The van der Waals surface area contributed by atoms with E-state index in [4.69, 9.17) is 9.47 Å². The van der Waals surface area contributed by atoms with E-state index in [0.29, 0.717) is 35.7 Å². The Morgan fingerprint density at radius 1 is 0.548 bits per heavy atom. The van der Waals surface area contributed by atoms with Gasteiger partial charge in [-0.25, -0.2) is 0 Å². The fourth-order valence-corrected chi connectivity index (χ4v) is 4.23. The Balaban J connectivity index is 1.17. The summed E-state index contributed by atoms with van der Waals surface area (Å²) >= 11 is 0. The minimum absolute atomic E-state index is 0.235. The molecule has 0 aliphatic rings. The summed E-state index contributed by atoms with van der Waals surface area (Å²) < 4.78 is 12.1. The second kappa shape index (κ2) is 14.2. The number of ether oxygens (including phenoxy) is 2. The van der Waals surface area contributed by atoms with Crippen LogP contribution in [0.5, 0.6) is 11.5 Å². The van der Waals surface area contributed by atoms with Gasteiger partial charge in [-0.3, -0.25) is 19.6 Å². The van der Waals surface area contributed by atoms with E-state index in [0.717, 1.165) is 22.5 Å². The summed E-state index contributed by atoms with van der Waals surface area (Å²) in [7, 11) is 0. The molecule has 2 amide bonds. The number of carbonyl (C=O) groups excluding carboxylic acids is 2. The molecule has 0 saturated carbocycles. The summed E-state index contributed by atoms with van der Waals surface area (Å²) in [6.45, 7) is 1.19. The van der Waals surface area contributed by atoms with Gasteiger partial charge in [0.1, 0.15) is 24.7 Å². The Hall–Kier alpha value is -5.50. The van der Waals surface area contributed by atoms with Crippen LogP contribution in [0, 0.1) is 0 Å². The van der Waals surface area contributed by atoms with Crippen LogP contribution in [0.1, 0.15) is 43.2 Å². The topological polar surface area (TPSA) is 102 Å². The number of carbonyl (C=O) groups is 2. The number of hydrogen-bond acceptors (Lipinski definition) is 6. The molecular formula is C34H30N4O4. The summed E-state index contributed by atoms with van der Waals surface area (Å²) in [5, 5.41) is 5.79. The molecule has 0 spiro atoms. The molecule has 0 unspecified atom stereocenters. The molecule has 8 heteroatoms. The standard InChI is InChI=1S/C34H30N4O4/c39-33(37-21-27-12-5-7-18-35-27)29-14-1-3-16-31(29)41-23-25-10-9-11-26(20-25)24-42-32-17-4-2-15-30(32)34(40)38-22-28-13-6-8-19-36-28/h1-20H,21-24H2,(H,37,39)(H,38,40). The number of rotatable bonds is 12. The van der Waals surface area contributed by atoms with Crippen molar-refractivity contribution in [2.75, 3.05) is 0 Å². The van der Waals surface area contributed by atoms with Gasteiger partial charge >= 0.3 is 0 Å². The van der Waals surface area contributed by atoms with Crippen LogP contribution in [0.15, 0.2) is 122 Å². The second-order valence-electron chi connectivity index (χ2n) is 9.40. The van der Waals surface area contributed by atoms with Gasteiger partial charge in [-0.15, -0.1) is 0 Å². The van der Waals surface area contributed by atoms with Crippen LogP contribution in [0.3, 0.4) is 0 Å². The number of para-hydroxylation sites is 2. The van der Waals surface area contributed by atoms with Crippen molar-refractivity contribution in [2.45, 2.75) is 26.3 Å². The summed E-state index contributed by atoms with van der Waals surface area (Å²) in [4.78, 5) is 34.2. The molecule has 0 atom stereocenters. The average molecular weight is 559 g/mol. The third-order valence-corrected chi connectivity index (χ3v) is 6.36. The van der Waals surface area contributed by atoms with E-state index in [1.807, 2.05) is 72.8 Å². The Kier molecular flexibility index (Phi) is 9.50. The van der Waals surface area contributed by atoms with Crippen molar-refractivity contribution < 1.29 is 19.1 Å². The van der Waals surface area contributed by atoms with E-state index < -0.39 is 0 Å². The first-order valence-corrected chi connectivity index (χ1v) is 13.5. The molecule has 0 aliphatic heterocycles. The van der Waals surface area contributed by atoms with Crippen LogP contribution < -0.4 is 20.1 Å². The van der Waals surface area contributed by atoms with Crippen LogP contribution in [-0.4, -0.2) is 21.8 Å². The molecule has 0 aliphatic carbocycles. The van der Waals surface area contributed by atoms with Crippen molar-refractivity contribution in [2.24, 2.45) is 0 Å². The second-order valence-corrected chi connectivity index (χ2v) is 9.40. The Morgan fingerprint density at radius 3 is 1.45 bits per heavy atom. The third kappa shape index (κ3) is 7.79. The van der Waals surface area contributed by atoms with Crippen LogP contribution in [0.2, 0.25) is 0 Å². The van der Waals surface area contributed by atoms with Crippen molar-refractivity contribution in [1.29, 1.82) is 0 Å². The highest BCUT2D eigenvalue weighted by Crippen LogP contribution is 2.22. The lowest BCUT2D eigenvalue weighted by Gasteiger charge is -2.14. The minimum Gasteiger partial charge on any atom is -0.488 e. The van der Waals surface area contributed by atoms with Crippen molar-refractivity contribution >= 4 is 11.8 Å². The highest BCUT2D eigenvalue weighted by atomic mass is 16.5. The van der Waals surface area contributed by atoms with Gasteiger partial charge in [-0.1, -0.05) is 54.6 Å². The van der Waals surface area contributed by atoms with Gasteiger partial charge in [0.2, 0.25) is 0 Å². The van der Waals surface area contributed by atoms with E-state index >= 15 is 0 Å². The van der Waals surface area contributed by atoms with Gasteiger partial charge in [0.25, 0.3) is 11.8 Å². The van der Waals surface area contributed by atoms with Crippen LogP contribution in [0.4, 0.5) is 0 Å². The largest absolute Gasteiger partial charge is 0.488 e. The average Bonchev–Trinajstić information content (AvgIpc) is 3.05. The monoisotopic (exact) mass is 558 g/mol. The maximum atomic E-state index is 12.8. The Bertz CT molecular complexity index is 1510. The first-order chi connectivity index (χ1) is 20.7. The predicted octanol–water partition coefficient (Wildman–Crippen LogP) is 5.49. The summed E-state index contributed by atoms with van der Waals surface area (Å²) in [5.41, 5.74) is 4.28. The highest BCUT2D eigenvalue weighted by Gasteiger charge is 2.14. The molecule has 2 aromatic heterocycles. The maximum Gasteiger partial charge on any atom is 0.255 e. The van der Waals surface area contributed by atoms with Crippen molar-refractivity contribution in [3.8, 4) is 11.5 Å². The third-order valence-electron chi connectivity index (χ3n) is 6.36. The number of hydrogen-bond donors (Lipinski definition) is 2. The molecule has 42 heavy (non-hydrogen) atoms. The maximum absolute atomic E-state index is 12.8. The van der Waals surface area contributed by atoms with E-state index in [1.165, 1.54) is 0 Å². The number of nitrogens with zero attached hydrogens (tertiary/aromatic N) is 2. The first kappa shape index (κ1) is 28.0. The molecule has 0 radical (unpaired) electrons. The summed E-state index contributed by atoms with van der Waals surface area (Å²) in [5.74, 6) is 0.508. The zero-order chi connectivity index (χ0) is 29.0. The highest BCUT2D eigenvalue weighted by molar-refractivity contribution is 5.97. The summed E-state index contributed by atoms with van der Waals surface area (Å²) in [6.07, 6.45) is 3.39. The predicted molar refractivity (Wildman–Crippen MR) is 159 cm³/mol. The smallest absolute Gasteiger partial charge is 0.255 e. The number of pyridine rings is 2. The number of nitrogens with one attached hydrogen (secondary N) is 2. The van der Waals surface area contributed by atoms with Gasteiger partial charge in [0.05, 0.1) is 35.6 Å². The minimum atomic E-state index is -0.235. The van der Waals surface area contributed by atoms with E-state index in [1.54, 1.807) is 48.8 Å². The van der Waals surface area contributed by atoms with E-state index in [2.05, 4.69) is 20.6 Å². The number of aromatic nitrogens is 2. The fraction of sp³-hybridized carbons (Fsp3) is 0.118. The lowest BCUT2D eigenvalue weighted by molar-refractivity contribution is 0.0937. The van der Waals surface area contributed by atoms with Gasteiger partial charge < -0.3 is 20.1 Å². The van der Waals surface area contributed by atoms with E-state index in [9.17, 15) is 9.59 Å². The lowest BCUT2D eigenvalue weighted by atomic mass is 10.1. The normalized spacial score (nSPS) is 10.5. The molecular weight excluding hydrogens is 528 g/mol. The molecule has 5 aromatic rings. The van der Waals surface area contributed by atoms with Crippen molar-refractivity contribution in [3.05, 3.63) is 155 Å². The first-order valence-electron chi connectivity index (χ1n) is 13.5. The molecule has 8 nitrogen and oxygen atoms in total. The zero-order valence-corrected chi connectivity index (χ0v) is 22.9. The lowest BCUT2D eigenvalue weighted by Crippen LogP contribution is -2.24. The van der Waals surface area contributed by atoms with Gasteiger partial charge in [0, 0.05) is 12.4 Å². The van der Waals surface area contributed by atoms with Gasteiger partial charge in [-0.2, -0.15) is 0 Å². The molecule has 0 bridgehead atoms. The Morgan fingerprint density at radius 2 is 1.00 bits per heavy atom. The molecule has 2 heterocycles. The molecule has 210 valence electrons. The molecule has 0 saturated heterocycles. The Labute approximate surface area is 244 Å². The van der Waals surface area contributed by atoms with Crippen molar-refractivity contribution in [1.82, 2.24) is 20.6 Å². The van der Waals surface area contributed by atoms with Crippen LogP contribution >= 0.6 is 0 Å². The van der Waals surface area contributed by atoms with Gasteiger partial charge in [-0.05, 0) is 65.7 Å². The number of benzene rings is 3. The van der Waals surface area contributed by atoms with Crippen LogP contribution in [-0.2, 0) is 26.3 Å². The molecule has 5 rings (SSSR count). The zero-order valence-electron chi connectivity index (χ0n) is 22.9. The SMILES string of the molecule is O=C(NCc1ccccn1)c1ccccc1OCc1cccc(COc2ccccc2C(=O)NCc2ccccn2)c1. The van der Waals surface area contributed by atoms with Crippen molar-refractivity contribution in [3.63, 3.8) is 0 Å². The van der Waals surface area contributed by atoms with E-state index in [-0.39, 0.29) is 25.0 Å². The van der Waals surface area contributed by atoms with Crippen LogP contribution in [0.25, 0.3) is 0 Å². The van der Waals surface area contributed by atoms with Gasteiger partial charge in [0.15, 0.2) is 0 Å². The fourth-order valence-electron chi connectivity index (χ4n) is 4.23. The quantitative estimate of drug-likeness (QED) is 0.210. The number of amides is 2. The molecule has 2 N–H and O–H groups in total.